The lowest BCUT2D eigenvalue weighted by atomic mass is 10.2. The zero-order chi connectivity index (χ0) is 27.4. The second-order valence-electron chi connectivity index (χ2n) is 9.10. The van der Waals surface area contributed by atoms with E-state index in [0.717, 1.165) is 43.6 Å². The number of carbonyl (C=O) groups excluding carboxylic acids is 1. The van der Waals surface area contributed by atoms with Gasteiger partial charge >= 0.3 is 0 Å². The Kier molecular flexibility index (Phi) is 7.62. The summed E-state index contributed by atoms with van der Waals surface area (Å²) in [5.41, 5.74) is 2.48. The van der Waals surface area contributed by atoms with E-state index in [0.29, 0.717) is 12.2 Å². The van der Waals surface area contributed by atoms with Gasteiger partial charge in [0.05, 0.1) is 17.7 Å². The van der Waals surface area contributed by atoms with E-state index in [9.17, 15) is 14.0 Å². The fraction of sp³-hybridized carbons (Fsp3) is 0.214. The molecule has 1 aliphatic rings. The van der Waals surface area contributed by atoms with Gasteiger partial charge < -0.3 is 25.2 Å². The third-order valence-corrected chi connectivity index (χ3v) is 6.53. The van der Waals surface area contributed by atoms with Gasteiger partial charge in [-0.2, -0.15) is 4.98 Å². The maximum Gasteiger partial charge on any atom is 0.247 e. The van der Waals surface area contributed by atoms with Gasteiger partial charge in [0.25, 0.3) is 0 Å². The van der Waals surface area contributed by atoms with Crippen molar-refractivity contribution in [3.8, 4) is 5.69 Å². The van der Waals surface area contributed by atoms with Crippen molar-refractivity contribution in [3.63, 3.8) is 0 Å². The number of fused-ring (bicyclic) bond motifs is 1. The number of hydrogen-bond acceptors (Lipinski definition) is 8. The molecule has 3 heterocycles. The van der Waals surface area contributed by atoms with Gasteiger partial charge in [-0.15, -0.1) is 0 Å². The number of piperazine rings is 1. The topological polar surface area (TPSA) is 116 Å². The molecule has 2 aromatic heterocycles. The third-order valence-electron chi connectivity index (χ3n) is 6.53. The maximum atomic E-state index is 14.4. The molecule has 3 N–H and O–H groups in total. The predicted octanol–water partition coefficient (Wildman–Crippen LogP) is 2.90. The highest BCUT2D eigenvalue weighted by Crippen LogP contribution is 2.24. The fourth-order valence-corrected chi connectivity index (χ4v) is 4.54. The molecule has 5 rings (SSSR count). The van der Waals surface area contributed by atoms with Gasteiger partial charge in [-0.25, -0.2) is 9.37 Å². The minimum absolute atomic E-state index is 0.171. The minimum Gasteiger partial charge on any atom is -0.395 e. The number of benzene rings is 2. The highest BCUT2D eigenvalue weighted by molar-refractivity contribution is 5.99. The quantitative estimate of drug-likeness (QED) is 0.299. The average Bonchev–Trinajstić information content (AvgIpc) is 2.94. The van der Waals surface area contributed by atoms with Crippen LogP contribution in [0.3, 0.4) is 0 Å². The van der Waals surface area contributed by atoms with Crippen LogP contribution in [-0.4, -0.2) is 69.8 Å². The van der Waals surface area contributed by atoms with Crippen LogP contribution in [0.5, 0.6) is 0 Å². The number of aromatic nitrogens is 3. The van der Waals surface area contributed by atoms with E-state index >= 15 is 0 Å². The molecule has 0 radical (unpaired) electrons. The summed E-state index contributed by atoms with van der Waals surface area (Å²) in [7, 11) is 0. The Morgan fingerprint density at radius 2 is 1.82 bits per heavy atom. The molecule has 1 fully saturated rings. The zero-order valence-corrected chi connectivity index (χ0v) is 21.2. The molecule has 0 bridgehead atoms. The molecule has 0 atom stereocenters. The van der Waals surface area contributed by atoms with E-state index in [-0.39, 0.29) is 34.7 Å². The van der Waals surface area contributed by atoms with Crippen LogP contribution in [0.2, 0.25) is 0 Å². The van der Waals surface area contributed by atoms with Crippen molar-refractivity contribution in [2.24, 2.45) is 0 Å². The smallest absolute Gasteiger partial charge is 0.247 e. The highest BCUT2D eigenvalue weighted by Gasteiger charge is 2.17. The number of aliphatic hydroxyl groups excluding tert-OH is 1. The van der Waals surface area contributed by atoms with Gasteiger partial charge in [-0.3, -0.25) is 14.5 Å². The van der Waals surface area contributed by atoms with Gasteiger partial charge in [-0.05, 0) is 48.5 Å². The first-order valence-electron chi connectivity index (χ1n) is 12.5. The van der Waals surface area contributed by atoms with Crippen LogP contribution in [0, 0.1) is 5.82 Å². The standard InChI is InChI=1S/C28H28FN7O3/c1-2-26(39)31-21-15-19(29)16-23(17-21)36-8-7-25(38)24-18-30-28(33-27(24)36)32-20-3-5-22(6-4-20)35-11-9-34(10-12-35)13-14-37/h2-8,15-18,37H,1,9-14H2,(H,31,39)(H,30,32,33). The number of nitrogens with zero attached hydrogens (tertiary/aromatic N) is 5. The molecule has 4 aromatic rings. The molecule has 10 nitrogen and oxygen atoms in total. The zero-order valence-electron chi connectivity index (χ0n) is 21.2. The molecule has 0 saturated carbocycles. The monoisotopic (exact) mass is 529 g/mol. The molecule has 2 aromatic carbocycles. The number of amides is 1. The van der Waals surface area contributed by atoms with E-state index < -0.39 is 11.7 Å². The molecule has 200 valence electrons. The van der Waals surface area contributed by atoms with Gasteiger partial charge in [0.15, 0.2) is 11.1 Å². The molecule has 1 saturated heterocycles. The van der Waals surface area contributed by atoms with Crippen LogP contribution in [0.4, 0.5) is 27.4 Å². The minimum atomic E-state index is -0.569. The van der Waals surface area contributed by atoms with Crippen LogP contribution < -0.4 is 21.0 Å². The first-order chi connectivity index (χ1) is 18.9. The summed E-state index contributed by atoms with van der Waals surface area (Å²) < 4.78 is 16.0. The number of hydrogen-bond donors (Lipinski definition) is 3. The number of halogens is 1. The molecule has 1 aliphatic heterocycles. The summed E-state index contributed by atoms with van der Waals surface area (Å²) in [6, 6.07) is 13.3. The molecular weight excluding hydrogens is 501 g/mol. The number of rotatable bonds is 8. The average molecular weight is 530 g/mol. The first kappa shape index (κ1) is 26.0. The predicted molar refractivity (Wildman–Crippen MR) is 149 cm³/mol. The lowest BCUT2D eigenvalue weighted by Crippen LogP contribution is -2.47. The summed E-state index contributed by atoms with van der Waals surface area (Å²) in [5, 5.41) is 15.1. The molecule has 11 heteroatoms. The Balaban J connectivity index is 1.40. The van der Waals surface area contributed by atoms with Crippen LogP contribution >= 0.6 is 0 Å². The fourth-order valence-electron chi connectivity index (χ4n) is 4.54. The Hall–Kier alpha value is -4.61. The van der Waals surface area contributed by atoms with Crippen molar-refractivity contribution in [2.45, 2.75) is 0 Å². The molecule has 1 amide bonds. The van der Waals surface area contributed by atoms with Crippen molar-refractivity contribution in [1.82, 2.24) is 19.4 Å². The van der Waals surface area contributed by atoms with Gasteiger partial charge in [0.1, 0.15) is 5.82 Å². The first-order valence-corrected chi connectivity index (χ1v) is 12.5. The second-order valence-corrected chi connectivity index (χ2v) is 9.10. The lowest BCUT2D eigenvalue weighted by Gasteiger charge is -2.35. The van der Waals surface area contributed by atoms with Gasteiger partial charge in [-0.1, -0.05) is 6.58 Å². The van der Waals surface area contributed by atoms with Crippen molar-refractivity contribution < 1.29 is 14.3 Å². The number of aliphatic hydroxyl groups is 1. The van der Waals surface area contributed by atoms with Crippen LogP contribution in [0.1, 0.15) is 0 Å². The Labute approximate surface area is 224 Å². The van der Waals surface area contributed by atoms with Crippen LogP contribution in [0.25, 0.3) is 16.7 Å². The summed E-state index contributed by atoms with van der Waals surface area (Å²) in [5.74, 6) is -0.773. The molecule has 0 aliphatic carbocycles. The van der Waals surface area contributed by atoms with Crippen molar-refractivity contribution in [3.05, 3.63) is 89.6 Å². The second kappa shape index (κ2) is 11.4. The third kappa shape index (κ3) is 5.95. The van der Waals surface area contributed by atoms with Crippen molar-refractivity contribution >= 4 is 40.0 Å². The molecule has 0 spiro atoms. The Morgan fingerprint density at radius 1 is 1.05 bits per heavy atom. The largest absolute Gasteiger partial charge is 0.395 e. The summed E-state index contributed by atoms with van der Waals surface area (Å²) in [6.07, 6.45) is 4.03. The number of anilines is 4. The summed E-state index contributed by atoms with van der Waals surface area (Å²) in [6.45, 7) is 7.86. The number of pyridine rings is 1. The summed E-state index contributed by atoms with van der Waals surface area (Å²) >= 11 is 0. The lowest BCUT2D eigenvalue weighted by molar-refractivity contribution is -0.111. The van der Waals surface area contributed by atoms with Gasteiger partial charge in [0.2, 0.25) is 11.9 Å². The van der Waals surface area contributed by atoms with E-state index in [1.54, 1.807) is 10.6 Å². The SMILES string of the molecule is C=CC(=O)Nc1cc(F)cc(-n2ccc(=O)c3cnc(Nc4ccc(N5CCN(CCO)CC5)cc4)nc32)c1. The molecular formula is C28H28FN7O3. The van der Waals surface area contributed by atoms with Crippen LogP contribution in [-0.2, 0) is 4.79 Å². The normalized spacial score (nSPS) is 13.8. The molecule has 0 unspecified atom stereocenters. The van der Waals surface area contributed by atoms with Crippen molar-refractivity contribution in [1.29, 1.82) is 0 Å². The summed E-state index contributed by atoms with van der Waals surface area (Å²) in [4.78, 5) is 37.6. The Bertz CT molecular complexity index is 1560. The number of nitrogens with one attached hydrogen (secondary N) is 2. The van der Waals surface area contributed by atoms with Gasteiger partial charge in [0, 0.05) is 68.2 Å². The molecule has 39 heavy (non-hydrogen) atoms. The number of carbonyl (C=O) groups is 1. The highest BCUT2D eigenvalue weighted by atomic mass is 19.1. The van der Waals surface area contributed by atoms with E-state index in [1.165, 1.54) is 30.6 Å². The number of β-amino-alcohol motifs (C(OH)–C–C–N with tert-alkyl or cyclic N) is 1. The van der Waals surface area contributed by atoms with E-state index in [2.05, 4.69) is 37.0 Å². The van der Waals surface area contributed by atoms with Crippen LogP contribution in [0.15, 0.2) is 78.4 Å². The Morgan fingerprint density at radius 3 is 2.54 bits per heavy atom. The van der Waals surface area contributed by atoms with E-state index in [1.807, 2.05) is 24.3 Å². The van der Waals surface area contributed by atoms with E-state index in [4.69, 9.17) is 5.11 Å². The maximum absolute atomic E-state index is 14.4. The van der Waals surface area contributed by atoms with Crippen molar-refractivity contribution in [2.75, 3.05) is 54.9 Å².